The molecule has 0 radical (unpaired) electrons. The lowest BCUT2D eigenvalue weighted by Gasteiger charge is -2.05. The number of anilines is 1. The zero-order valence-corrected chi connectivity index (χ0v) is 16.5. The zero-order chi connectivity index (χ0) is 21.5. The molecule has 4 amide bonds. The summed E-state index contributed by atoms with van der Waals surface area (Å²) in [6.07, 6.45) is 0. The number of carbonyl (C=O) groups excluding carboxylic acids is 4. The summed E-state index contributed by atoms with van der Waals surface area (Å²) in [4.78, 5) is 43.4. The molecular formula is C21H26N4O4. The van der Waals surface area contributed by atoms with E-state index in [0.717, 1.165) is 11.3 Å². The molecule has 8 nitrogen and oxygen atoms in total. The van der Waals surface area contributed by atoms with Gasteiger partial charge in [0.25, 0.3) is 0 Å². The lowest BCUT2D eigenvalue weighted by Crippen LogP contribution is -2.35. The van der Waals surface area contributed by atoms with Crippen molar-refractivity contribution in [1.29, 1.82) is 0 Å². The summed E-state index contributed by atoms with van der Waals surface area (Å²) in [5.74, 6) is -0.835. The van der Waals surface area contributed by atoms with Gasteiger partial charge in [-0.05, 0) is 17.7 Å². The molecule has 154 valence electrons. The standard InChI is InChI=1S/C11H14N2O2.C10H12N2O2/c1-9(14)12-8-11(15)13-7-10-5-3-2-4-6-10;1-8(13)11-7-10(14)12-9-5-3-2-4-6-9/h2-6H,7-8H2,1H3,(H,12,14)(H,13,15);2-6H,7H2,1H3,(H,11,13)(H,12,14). The van der Waals surface area contributed by atoms with Crippen LogP contribution >= 0.6 is 0 Å². The largest absolute Gasteiger partial charge is 0.350 e. The first kappa shape index (κ1) is 23.4. The quantitative estimate of drug-likeness (QED) is 0.561. The number of carbonyl (C=O) groups is 4. The van der Waals surface area contributed by atoms with Crippen molar-refractivity contribution < 1.29 is 19.2 Å². The van der Waals surface area contributed by atoms with Crippen LogP contribution in [0.3, 0.4) is 0 Å². The first-order valence-electron chi connectivity index (χ1n) is 9.01. The predicted molar refractivity (Wildman–Crippen MR) is 111 cm³/mol. The third-order valence-electron chi connectivity index (χ3n) is 3.39. The van der Waals surface area contributed by atoms with E-state index in [2.05, 4.69) is 21.3 Å². The Morgan fingerprint density at radius 1 is 0.655 bits per heavy atom. The zero-order valence-electron chi connectivity index (χ0n) is 16.5. The van der Waals surface area contributed by atoms with Crippen LogP contribution in [0.2, 0.25) is 0 Å². The van der Waals surface area contributed by atoms with Crippen molar-refractivity contribution in [2.75, 3.05) is 18.4 Å². The monoisotopic (exact) mass is 398 g/mol. The molecule has 0 aliphatic carbocycles. The lowest BCUT2D eigenvalue weighted by molar-refractivity contribution is -0.125. The van der Waals surface area contributed by atoms with Crippen LogP contribution in [0.4, 0.5) is 5.69 Å². The van der Waals surface area contributed by atoms with Gasteiger partial charge in [-0.3, -0.25) is 19.2 Å². The fourth-order valence-corrected chi connectivity index (χ4v) is 2.00. The average molecular weight is 398 g/mol. The molecule has 29 heavy (non-hydrogen) atoms. The van der Waals surface area contributed by atoms with Crippen LogP contribution in [0.1, 0.15) is 19.4 Å². The maximum Gasteiger partial charge on any atom is 0.243 e. The summed E-state index contributed by atoms with van der Waals surface area (Å²) in [5, 5.41) is 10.2. The van der Waals surface area contributed by atoms with Gasteiger partial charge in [0.2, 0.25) is 23.6 Å². The Morgan fingerprint density at radius 3 is 1.66 bits per heavy atom. The molecule has 0 saturated carbocycles. The number of amides is 4. The maximum absolute atomic E-state index is 11.2. The van der Waals surface area contributed by atoms with Crippen molar-refractivity contribution in [3.05, 3.63) is 66.2 Å². The van der Waals surface area contributed by atoms with Crippen molar-refractivity contribution in [2.24, 2.45) is 0 Å². The molecule has 0 spiro atoms. The Balaban J connectivity index is 0.000000291. The minimum atomic E-state index is -0.230. The molecule has 0 aromatic heterocycles. The maximum atomic E-state index is 11.2. The summed E-state index contributed by atoms with van der Waals surface area (Å²) >= 11 is 0. The fraction of sp³-hybridized carbons (Fsp3) is 0.238. The number of hydrogen-bond donors (Lipinski definition) is 4. The van der Waals surface area contributed by atoms with E-state index in [9.17, 15) is 19.2 Å². The molecule has 0 aliphatic rings. The van der Waals surface area contributed by atoms with Crippen LogP contribution in [-0.2, 0) is 25.7 Å². The number of para-hydroxylation sites is 1. The van der Waals surface area contributed by atoms with E-state index >= 15 is 0 Å². The molecule has 8 heteroatoms. The highest BCUT2D eigenvalue weighted by Crippen LogP contribution is 2.03. The second-order valence-corrected chi connectivity index (χ2v) is 6.00. The molecule has 0 saturated heterocycles. The summed E-state index contributed by atoms with van der Waals surface area (Å²) in [5.41, 5.74) is 1.76. The normalized spacial score (nSPS) is 9.31. The Labute approximate surface area is 170 Å². The van der Waals surface area contributed by atoms with Crippen molar-refractivity contribution in [2.45, 2.75) is 20.4 Å². The van der Waals surface area contributed by atoms with Gasteiger partial charge >= 0.3 is 0 Å². The molecule has 2 aromatic rings. The Bertz CT molecular complexity index is 795. The van der Waals surface area contributed by atoms with Gasteiger partial charge in [0.15, 0.2) is 0 Å². The molecule has 0 heterocycles. The van der Waals surface area contributed by atoms with Gasteiger partial charge in [0.05, 0.1) is 13.1 Å². The highest BCUT2D eigenvalue weighted by Gasteiger charge is 2.02. The minimum absolute atomic E-state index is 0.00419. The van der Waals surface area contributed by atoms with Gasteiger partial charge in [-0.15, -0.1) is 0 Å². The van der Waals surface area contributed by atoms with Gasteiger partial charge in [0, 0.05) is 26.1 Å². The molecule has 4 N–H and O–H groups in total. The molecule has 2 rings (SSSR count). The van der Waals surface area contributed by atoms with Gasteiger partial charge in [0.1, 0.15) is 0 Å². The van der Waals surface area contributed by atoms with Gasteiger partial charge in [-0.2, -0.15) is 0 Å². The van der Waals surface area contributed by atoms with Crippen LogP contribution in [0.15, 0.2) is 60.7 Å². The van der Waals surface area contributed by atoms with Crippen LogP contribution in [-0.4, -0.2) is 36.7 Å². The first-order chi connectivity index (χ1) is 13.9. The SMILES string of the molecule is CC(=O)NCC(=O)NCc1ccccc1.CC(=O)NCC(=O)Nc1ccccc1. The highest BCUT2D eigenvalue weighted by molar-refractivity contribution is 5.94. The Hall–Kier alpha value is -3.68. The van der Waals surface area contributed by atoms with Gasteiger partial charge in [-0.1, -0.05) is 48.5 Å². The van der Waals surface area contributed by atoms with Crippen LogP contribution in [0, 0.1) is 0 Å². The Kier molecular flexibility index (Phi) is 10.9. The predicted octanol–water partition coefficient (Wildman–Crippen LogP) is 1.20. The Morgan fingerprint density at radius 2 is 1.14 bits per heavy atom. The topological polar surface area (TPSA) is 116 Å². The number of nitrogens with one attached hydrogen (secondary N) is 4. The third-order valence-corrected chi connectivity index (χ3v) is 3.39. The summed E-state index contributed by atoms with van der Waals surface area (Å²) in [6, 6.07) is 18.7. The fourth-order valence-electron chi connectivity index (χ4n) is 2.00. The van der Waals surface area contributed by atoms with E-state index in [-0.39, 0.29) is 36.7 Å². The smallest absolute Gasteiger partial charge is 0.243 e. The molecule has 0 atom stereocenters. The van der Waals surface area contributed by atoms with E-state index in [4.69, 9.17) is 0 Å². The summed E-state index contributed by atoms with van der Waals surface area (Å²) in [6.45, 7) is 3.27. The number of benzene rings is 2. The van der Waals surface area contributed by atoms with E-state index < -0.39 is 0 Å². The molecule has 0 bridgehead atoms. The third kappa shape index (κ3) is 12.4. The highest BCUT2D eigenvalue weighted by atomic mass is 16.2. The molecule has 2 aromatic carbocycles. The average Bonchev–Trinajstić information content (AvgIpc) is 2.71. The number of rotatable bonds is 7. The van der Waals surface area contributed by atoms with Crippen LogP contribution in [0.5, 0.6) is 0 Å². The number of hydrogen-bond acceptors (Lipinski definition) is 4. The van der Waals surface area contributed by atoms with Crippen LogP contribution < -0.4 is 21.3 Å². The minimum Gasteiger partial charge on any atom is -0.350 e. The van der Waals surface area contributed by atoms with E-state index in [1.165, 1.54) is 13.8 Å². The van der Waals surface area contributed by atoms with Gasteiger partial charge in [-0.25, -0.2) is 0 Å². The molecular weight excluding hydrogens is 372 g/mol. The van der Waals surface area contributed by atoms with Crippen molar-refractivity contribution in [1.82, 2.24) is 16.0 Å². The van der Waals surface area contributed by atoms with Crippen LogP contribution in [0.25, 0.3) is 0 Å². The van der Waals surface area contributed by atoms with Crippen molar-refractivity contribution >= 4 is 29.3 Å². The summed E-state index contributed by atoms with van der Waals surface area (Å²) < 4.78 is 0. The first-order valence-corrected chi connectivity index (χ1v) is 9.01. The van der Waals surface area contributed by atoms with E-state index in [1.54, 1.807) is 12.1 Å². The summed E-state index contributed by atoms with van der Waals surface area (Å²) in [7, 11) is 0. The second-order valence-electron chi connectivity index (χ2n) is 6.00. The molecule has 0 unspecified atom stereocenters. The van der Waals surface area contributed by atoms with Crippen molar-refractivity contribution in [3.63, 3.8) is 0 Å². The van der Waals surface area contributed by atoms with E-state index in [0.29, 0.717) is 6.54 Å². The van der Waals surface area contributed by atoms with E-state index in [1.807, 2.05) is 48.5 Å². The van der Waals surface area contributed by atoms with Gasteiger partial charge < -0.3 is 21.3 Å². The van der Waals surface area contributed by atoms with Crippen molar-refractivity contribution in [3.8, 4) is 0 Å². The second kappa shape index (κ2) is 13.5. The molecule has 0 aliphatic heterocycles. The lowest BCUT2D eigenvalue weighted by atomic mass is 10.2. The molecule has 0 fully saturated rings.